The van der Waals surface area contributed by atoms with E-state index in [2.05, 4.69) is 85.8 Å². The number of thiazole rings is 3. The Bertz CT molecular complexity index is 5350. The maximum Gasteiger partial charge on any atom is 0.414 e. The van der Waals surface area contributed by atoms with E-state index in [9.17, 15) is 52.7 Å². The molecule has 8 aromatic heterocycles. The molecule has 10 heterocycles. The summed E-state index contributed by atoms with van der Waals surface area (Å²) in [6.45, 7) is 11.0. The van der Waals surface area contributed by atoms with Crippen molar-refractivity contribution in [3.8, 4) is 0 Å². The first-order chi connectivity index (χ1) is 53.7. The second-order valence-corrected chi connectivity index (χ2v) is 31.9. The zero-order valence-electron chi connectivity index (χ0n) is 60.1. The Morgan fingerprint density at radius 3 is 1.42 bits per heavy atom. The fourth-order valence-electron chi connectivity index (χ4n) is 11.8. The Kier molecular flexibility index (Phi) is 26.8. The van der Waals surface area contributed by atoms with E-state index < -0.39 is 41.7 Å². The van der Waals surface area contributed by atoms with E-state index in [1.54, 1.807) is 83.6 Å². The second-order valence-electron chi connectivity index (χ2n) is 25.2. The molecule has 15 rings (SSSR count). The number of para-hydroxylation sites is 2. The summed E-state index contributed by atoms with van der Waals surface area (Å²) in [5.74, 6) is -2.38. The number of likely N-dealkylation sites (tertiary alicyclic amines) is 1. The number of oxazole rings is 1. The lowest BCUT2D eigenvalue weighted by molar-refractivity contribution is 0.0318. The molecule has 12 aromatic rings. The van der Waals surface area contributed by atoms with Crippen LogP contribution in [0.25, 0.3) is 41.7 Å². The average Bonchev–Trinajstić information content (AvgIpc) is 1.69. The minimum absolute atomic E-state index is 0.000198. The predicted octanol–water partition coefficient (Wildman–Crippen LogP) is 16.7. The number of rotatable bonds is 16. The van der Waals surface area contributed by atoms with Crippen molar-refractivity contribution in [2.24, 2.45) is 5.92 Å². The van der Waals surface area contributed by atoms with Gasteiger partial charge >= 0.3 is 24.2 Å². The third kappa shape index (κ3) is 20.6. The quantitative estimate of drug-likeness (QED) is 0.0349. The lowest BCUT2D eigenvalue weighted by Gasteiger charge is -2.32. The molecule has 3 fully saturated rings. The van der Waals surface area contributed by atoms with Gasteiger partial charge in [-0.25, -0.2) is 39.1 Å². The molecule has 3 aliphatic rings. The van der Waals surface area contributed by atoms with E-state index in [-0.39, 0.29) is 59.8 Å². The highest BCUT2D eigenvalue weighted by atomic mass is 32.1. The van der Waals surface area contributed by atoms with Crippen LogP contribution in [0.3, 0.4) is 0 Å². The molecule has 2 aliphatic heterocycles. The summed E-state index contributed by atoms with van der Waals surface area (Å²) in [7, 11) is 0. The van der Waals surface area contributed by atoms with E-state index in [4.69, 9.17) is 13.9 Å². The predicted molar refractivity (Wildman–Crippen MR) is 432 cm³/mol. The monoisotopic (exact) mass is 1630 g/mol. The molecule has 0 unspecified atom stereocenters. The number of piperidine rings is 2. The number of anilines is 5. The van der Waals surface area contributed by atoms with Crippen molar-refractivity contribution in [2.75, 3.05) is 65.6 Å². The lowest BCUT2D eigenvalue weighted by atomic mass is 9.99. The summed E-state index contributed by atoms with van der Waals surface area (Å²) in [4.78, 5) is 156. The molecule has 1 saturated carbocycles. The summed E-state index contributed by atoms with van der Waals surface area (Å²) in [6.07, 6.45) is 7.73. The topological polar surface area (TPSA) is 371 Å². The number of thiophene rings is 4. The number of hydrogen-bond donors (Lipinski definition) is 7. The van der Waals surface area contributed by atoms with Crippen LogP contribution in [0.2, 0.25) is 0 Å². The number of amides is 11. The van der Waals surface area contributed by atoms with Crippen LogP contribution in [-0.4, -0.2) is 136 Å². The Hall–Kier alpha value is -11.2. The number of aryl methyl sites for hydroxylation is 1. The molecule has 0 atom stereocenters. The zero-order chi connectivity index (χ0) is 78.1. The minimum Gasteiger partial charge on any atom is -0.459 e. The number of esters is 1. The molecule has 0 radical (unpaired) electrons. The van der Waals surface area contributed by atoms with E-state index in [1.165, 1.54) is 98.3 Å². The largest absolute Gasteiger partial charge is 0.459 e. The van der Waals surface area contributed by atoms with Crippen LogP contribution in [0.1, 0.15) is 166 Å². The van der Waals surface area contributed by atoms with Crippen LogP contribution in [0.4, 0.5) is 40.1 Å². The molecule has 2 saturated heterocycles. The molecule has 4 aromatic carbocycles. The standard InChI is InChI=1S/C22H24N4O4S2.C19H18N4O3S2.C18H16N2O3S2.C17H15N3O5S/c1-3-30-22(29)25-18(27)15-8-11-31-20(15)24-19(28)21-23-16-5-4-14(12-17(16)32-21)26-9-6-13(2)7-10-26;24-15(22-19(26)23-9-4-1-5-10-23)12-8-11-27-17(12)21-16(25)18-20-13-6-2-3-7-14(13)28-18;21-15(17-19-13-7-3-4-8-14(13)25-17)20-16-12(9-10-24-16)18(22)23-11-5-1-2-6-11;1-3-24-17(23)20-15(22)11-6-7-26-16(11)19-14(21)10-4-5-13-12(8-10)18-9(2)25-13/h4-5,8,11-13H,3,6-7,9-10H2,1-2H3,(H,24,28)(H,25,27,29);2-3,6-8,11H,1,4-5,9-10H2,(H,21,25)(H,22,24,26);3-4,7-11H,1-2,5-6H2,(H,20,21);4-8H,3H2,1-2H3,(H,19,21)(H,20,22,23). The van der Waals surface area contributed by atoms with E-state index in [1.807, 2.05) is 54.6 Å². The number of imide groups is 3. The molecule has 574 valence electrons. The highest BCUT2D eigenvalue weighted by Gasteiger charge is 2.28. The van der Waals surface area contributed by atoms with Gasteiger partial charge in [-0.1, -0.05) is 31.2 Å². The van der Waals surface area contributed by atoms with Crippen LogP contribution >= 0.6 is 79.4 Å². The first-order valence-electron chi connectivity index (χ1n) is 35.3. The van der Waals surface area contributed by atoms with E-state index in [0.29, 0.717) is 76.2 Å². The molecule has 7 N–H and O–H groups in total. The Labute approximate surface area is 662 Å². The van der Waals surface area contributed by atoms with Crippen molar-refractivity contribution in [3.05, 3.63) is 179 Å². The zero-order valence-corrected chi connectivity index (χ0v) is 65.8. The number of fused-ring (bicyclic) bond motifs is 4. The van der Waals surface area contributed by atoms with Crippen molar-refractivity contribution < 1.29 is 71.4 Å². The average molecular weight is 1630 g/mol. The van der Waals surface area contributed by atoms with Crippen molar-refractivity contribution in [1.82, 2.24) is 40.8 Å². The molecule has 111 heavy (non-hydrogen) atoms. The number of benzene rings is 4. The summed E-state index contributed by atoms with van der Waals surface area (Å²) < 4.78 is 23.1. The molecular formula is C76H73N13O15S7. The first-order valence-corrected chi connectivity index (χ1v) is 41.3. The molecule has 11 amide bonds. The van der Waals surface area contributed by atoms with Crippen LogP contribution in [0.5, 0.6) is 0 Å². The Morgan fingerprint density at radius 2 is 0.919 bits per heavy atom. The fraction of sp³-hybridized carbons (Fsp3) is 0.276. The molecule has 0 spiro atoms. The van der Waals surface area contributed by atoms with Crippen molar-refractivity contribution in [2.45, 2.75) is 91.6 Å². The van der Waals surface area contributed by atoms with Crippen LogP contribution in [0.15, 0.2) is 135 Å². The second kappa shape index (κ2) is 37.5. The molecule has 1 aliphatic carbocycles. The Morgan fingerprint density at radius 1 is 0.459 bits per heavy atom. The van der Waals surface area contributed by atoms with Gasteiger partial charge in [-0.15, -0.1) is 79.4 Å². The van der Waals surface area contributed by atoms with Gasteiger partial charge in [-0.2, -0.15) is 0 Å². The number of ether oxygens (including phenoxy) is 3. The van der Waals surface area contributed by atoms with Gasteiger partial charge in [0, 0.05) is 44.4 Å². The number of carbonyl (C=O) groups is 11. The summed E-state index contributed by atoms with van der Waals surface area (Å²) in [6, 6.07) is 32.0. The summed E-state index contributed by atoms with van der Waals surface area (Å²) in [5.41, 5.74) is 6.04. The first kappa shape index (κ1) is 79.3. The van der Waals surface area contributed by atoms with Gasteiger partial charge in [0.05, 0.1) is 66.1 Å². The molecule has 0 bridgehead atoms. The smallest absolute Gasteiger partial charge is 0.414 e. The third-order valence-electron chi connectivity index (χ3n) is 17.4. The van der Waals surface area contributed by atoms with Crippen molar-refractivity contribution in [3.63, 3.8) is 0 Å². The fourth-order valence-corrected chi connectivity index (χ4v) is 17.5. The van der Waals surface area contributed by atoms with Gasteiger partial charge in [-0.3, -0.25) is 49.5 Å². The van der Waals surface area contributed by atoms with Gasteiger partial charge < -0.3 is 49.7 Å². The van der Waals surface area contributed by atoms with E-state index in [0.717, 1.165) is 100 Å². The maximum atomic E-state index is 12.8. The molecule has 28 nitrogen and oxygen atoms in total. The Balaban J connectivity index is 0.000000138. The van der Waals surface area contributed by atoms with Crippen molar-refractivity contribution in [1.29, 1.82) is 0 Å². The van der Waals surface area contributed by atoms with Gasteiger partial charge in [0.1, 0.15) is 31.6 Å². The number of carbonyl (C=O) groups excluding carboxylic acids is 11. The van der Waals surface area contributed by atoms with Gasteiger partial charge in [0.15, 0.2) is 26.5 Å². The number of hydrogen-bond acceptors (Lipinski definition) is 27. The highest BCUT2D eigenvalue weighted by molar-refractivity contribution is 7.21. The van der Waals surface area contributed by atoms with Gasteiger partial charge in [-0.05, 0) is 184 Å². The summed E-state index contributed by atoms with van der Waals surface area (Å²) >= 11 is 8.85. The van der Waals surface area contributed by atoms with Crippen LogP contribution < -0.4 is 42.1 Å². The van der Waals surface area contributed by atoms with E-state index >= 15 is 0 Å². The number of nitrogens with zero attached hydrogens (tertiary/aromatic N) is 6. The third-order valence-corrected chi connectivity index (χ3v) is 23.8. The number of urea groups is 1. The van der Waals surface area contributed by atoms with Crippen molar-refractivity contribution >= 4 is 212 Å². The van der Waals surface area contributed by atoms with Crippen LogP contribution in [0, 0.1) is 12.8 Å². The normalized spacial score (nSPS) is 13.5. The number of nitrogens with one attached hydrogen (secondary N) is 7. The molecular weight excluding hydrogens is 1560 g/mol. The SMILES string of the molecule is CCOC(=O)NC(=O)c1ccsc1NC(=O)c1ccc2oc(C)nc2c1.CCOC(=O)NC(=O)c1ccsc1NC(=O)c1nc2ccc(N3CCC(C)CC3)cc2s1.O=C(Nc1sccc1C(=O)NC(=O)N1CCCCC1)c1nc2ccccc2s1.O=C(Nc1sccc1C(=O)OC1CCCC1)c1nc2ccccc2s1. The van der Waals surface area contributed by atoms with Crippen LogP contribution in [-0.2, 0) is 14.2 Å². The lowest BCUT2D eigenvalue weighted by Crippen LogP contribution is -2.45. The minimum atomic E-state index is -0.840. The number of alkyl carbamates (subject to hydrolysis) is 2. The van der Waals surface area contributed by atoms with Gasteiger partial charge in [0.2, 0.25) is 0 Å². The highest BCUT2D eigenvalue weighted by Crippen LogP contribution is 2.34. The maximum absolute atomic E-state index is 12.8. The van der Waals surface area contributed by atoms with Gasteiger partial charge in [0.25, 0.3) is 41.4 Å². The summed E-state index contributed by atoms with van der Waals surface area (Å²) in [5, 5.41) is 27.0. The molecule has 35 heteroatoms. The number of aromatic nitrogens is 4.